The third-order valence-electron chi connectivity index (χ3n) is 6.64. The molecule has 0 bridgehead atoms. The van der Waals surface area contributed by atoms with Crippen LogP contribution in [0.5, 0.6) is 0 Å². The van der Waals surface area contributed by atoms with Gasteiger partial charge in [-0.1, -0.05) is 30.0 Å². The van der Waals surface area contributed by atoms with Gasteiger partial charge >= 0.3 is 0 Å². The third kappa shape index (κ3) is 8.24. The normalized spacial score (nSPS) is 13.9. The molecular weight excluding hydrogens is 524 g/mol. The van der Waals surface area contributed by atoms with E-state index in [4.69, 9.17) is 10.7 Å². The van der Waals surface area contributed by atoms with Crippen molar-refractivity contribution in [3.8, 4) is 17.3 Å². The maximum absolute atomic E-state index is 12.4. The van der Waals surface area contributed by atoms with Crippen molar-refractivity contribution in [1.82, 2.24) is 25.2 Å². The van der Waals surface area contributed by atoms with E-state index in [1.54, 1.807) is 24.3 Å². The van der Waals surface area contributed by atoms with Crippen molar-refractivity contribution < 1.29 is 9.59 Å². The van der Waals surface area contributed by atoms with Gasteiger partial charge in [0.1, 0.15) is 17.5 Å². The fourth-order valence-corrected chi connectivity index (χ4v) is 5.28. The number of likely N-dealkylation sites (tertiary alicyclic amines) is 1. The Bertz CT molecular complexity index is 1380. The van der Waals surface area contributed by atoms with E-state index in [1.807, 2.05) is 18.2 Å². The molecule has 0 aliphatic carbocycles. The van der Waals surface area contributed by atoms with E-state index in [2.05, 4.69) is 38.6 Å². The van der Waals surface area contributed by atoms with Crippen molar-refractivity contribution in [1.29, 1.82) is 5.26 Å². The summed E-state index contributed by atoms with van der Waals surface area (Å²) in [5, 5.41) is 16.0. The lowest BCUT2D eigenvalue weighted by atomic mass is 10.1. The van der Waals surface area contributed by atoms with Crippen LogP contribution < -0.4 is 16.4 Å². The van der Waals surface area contributed by atoms with Crippen LogP contribution in [0.3, 0.4) is 0 Å². The van der Waals surface area contributed by atoms with Crippen LogP contribution in [0.2, 0.25) is 0 Å². The van der Waals surface area contributed by atoms with Crippen LogP contribution in [-0.4, -0.2) is 57.8 Å². The summed E-state index contributed by atoms with van der Waals surface area (Å²) in [5.74, 6) is 0.580. The molecular formula is C29H34N8O2S. The van der Waals surface area contributed by atoms with Gasteiger partial charge in [-0.15, -0.1) is 0 Å². The van der Waals surface area contributed by atoms with E-state index in [0.717, 1.165) is 50.2 Å². The van der Waals surface area contributed by atoms with E-state index in [0.29, 0.717) is 34.3 Å². The lowest BCUT2D eigenvalue weighted by molar-refractivity contribution is -0.122. The fraction of sp³-hybridized carbons (Fsp3) is 0.379. The van der Waals surface area contributed by atoms with Crippen LogP contribution in [-0.2, 0) is 21.8 Å². The van der Waals surface area contributed by atoms with E-state index in [-0.39, 0.29) is 29.2 Å². The monoisotopic (exact) mass is 558 g/mol. The first kappa shape index (κ1) is 29.0. The number of nitrogens with two attached hydrogens (primary N) is 1. The molecule has 2 amide bonds. The number of nitriles is 1. The second-order valence-corrected chi connectivity index (χ2v) is 10.8. The number of amides is 2. The zero-order valence-corrected chi connectivity index (χ0v) is 23.6. The summed E-state index contributed by atoms with van der Waals surface area (Å²) in [7, 11) is 2.11. The first-order chi connectivity index (χ1) is 19.3. The molecule has 40 heavy (non-hydrogen) atoms. The molecule has 208 valence electrons. The molecule has 2 aromatic heterocycles. The molecule has 1 fully saturated rings. The molecule has 1 aliphatic heterocycles. The molecule has 4 rings (SSSR count). The van der Waals surface area contributed by atoms with Crippen LogP contribution in [0.25, 0.3) is 11.3 Å². The van der Waals surface area contributed by atoms with E-state index in [1.165, 1.54) is 18.7 Å². The van der Waals surface area contributed by atoms with E-state index in [9.17, 15) is 14.9 Å². The molecule has 1 aliphatic rings. The molecule has 0 unspecified atom stereocenters. The number of hydrogen-bond acceptors (Lipinski definition) is 9. The topological polar surface area (TPSA) is 150 Å². The maximum atomic E-state index is 12.4. The Balaban J connectivity index is 1.34. The van der Waals surface area contributed by atoms with Crippen LogP contribution >= 0.6 is 11.8 Å². The minimum atomic E-state index is -0.165. The second-order valence-electron chi connectivity index (χ2n) is 9.89. The highest BCUT2D eigenvalue weighted by Gasteiger charge is 2.18. The van der Waals surface area contributed by atoms with Crippen molar-refractivity contribution in [3.05, 3.63) is 59.4 Å². The fourth-order valence-electron chi connectivity index (χ4n) is 4.53. The Labute approximate surface area is 238 Å². The number of aryl methyl sites for hydroxylation is 1. The third-order valence-corrected chi connectivity index (χ3v) is 7.52. The predicted octanol–water partition coefficient (Wildman–Crippen LogP) is 3.78. The highest BCUT2D eigenvalue weighted by Crippen LogP contribution is 2.29. The van der Waals surface area contributed by atoms with Gasteiger partial charge in [0.05, 0.1) is 11.4 Å². The molecule has 1 saturated heterocycles. The summed E-state index contributed by atoms with van der Waals surface area (Å²) in [5.41, 5.74) is 9.90. The van der Waals surface area contributed by atoms with Crippen LogP contribution in [0, 0.1) is 11.3 Å². The van der Waals surface area contributed by atoms with Crippen molar-refractivity contribution in [2.45, 2.75) is 56.0 Å². The zero-order valence-electron chi connectivity index (χ0n) is 22.8. The van der Waals surface area contributed by atoms with Gasteiger partial charge in [-0.2, -0.15) is 5.26 Å². The lowest BCUT2D eigenvalue weighted by Gasteiger charge is -2.29. The lowest BCUT2D eigenvalue weighted by Crippen LogP contribution is -2.43. The molecule has 0 saturated carbocycles. The van der Waals surface area contributed by atoms with Crippen molar-refractivity contribution in [2.24, 2.45) is 0 Å². The van der Waals surface area contributed by atoms with Gasteiger partial charge in [-0.25, -0.2) is 9.97 Å². The number of pyridine rings is 1. The number of benzene rings is 1. The number of nitrogens with one attached hydrogen (secondary N) is 2. The Kier molecular flexibility index (Phi) is 10.0. The van der Waals surface area contributed by atoms with E-state index < -0.39 is 0 Å². The van der Waals surface area contributed by atoms with Crippen LogP contribution in [0.1, 0.15) is 49.6 Å². The highest BCUT2D eigenvalue weighted by atomic mass is 32.2. The van der Waals surface area contributed by atoms with Gasteiger partial charge in [0.15, 0.2) is 5.16 Å². The number of carbonyl (C=O) groups excluding carboxylic acids is 2. The minimum absolute atomic E-state index is 0.109. The average molecular weight is 559 g/mol. The minimum Gasteiger partial charge on any atom is -0.382 e. The number of rotatable bonds is 10. The summed E-state index contributed by atoms with van der Waals surface area (Å²) in [6.45, 7) is 3.49. The Morgan fingerprint density at radius 2 is 1.82 bits per heavy atom. The largest absolute Gasteiger partial charge is 0.382 e. The highest BCUT2D eigenvalue weighted by molar-refractivity contribution is 7.98. The van der Waals surface area contributed by atoms with Crippen molar-refractivity contribution >= 4 is 35.1 Å². The van der Waals surface area contributed by atoms with E-state index >= 15 is 0 Å². The number of carbonyl (C=O) groups is 2. The number of anilines is 2. The maximum Gasteiger partial charge on any atom is 0.221 e. The summed E-state index contributed by atoms with van der Waals surface area (Å²) < 4.78 is 0. The molecule has 1 aromatic carbocycles. The molecule has 10 nitrogen and oxygen atoms in total. The predicted molar refractivity (Wildman–Crippen MR) is 156 cm³/mol. The standard InChI is InChI=1S/C29H34N8O2S/c1-19(38)32-22-11-9-20(10-12-22)27-25(17-30)28(31)36-29(35-27)40-18-24-7-3-5-21(33-24)6-4-8-26(39)34-23-13-15-37(2)16-14-23/h3,5,7,9-12,23H,4,6,8,13-16,18H2,1-2H3,(H,32,38)(H,34,39)(H2,31,35,36). The summed E-state index contributed by atoms with van der Waals surface area (Å²) >= 11 is 1.39. The number of nitrogens with zero attached hydrogens (tertiary/aromatic N) is 5. The first-order valence-corrected chi connectivity index (χ1v) is 14.3. The Morgan fingerprint density at radius 1 is 1.10 bits per heavy atom. The molecule has 11 heteroatoms. The number of piperidine rings is 1. The number of aromatic nitrogens is 3. The second kappa shape index (κ2) is 13.9. The number of nitrogen functional groups attached to an aromatic ring is 1. The van der Waals surface area contributed by atoms with Gasteiger partial charge in [-0.3, -0.25) is 14.6 Å². The van der Waals surface area contributed by atoms with Gasteiger partial charge in [0.2, 0.25) is 11.8 Å². The van der Waals surface area contributed by atoms with Crippen molar-refractivity contribution in [3.63, 3.8) is 0 Å². The van der Waals surface area contributed by atoms with Gasteiger partial charge in [0.25, 0.3) is 0 Å². The van der Waals surface area contributed by atoms with Gasteiger partial charge in [-0.05, 0) is 70.1 Å². The first-order valence-electron chi connectivity index (χ1n) is 13.3. The quantitative estimate of drug-likeness (QED) is 0.249. The summed E-state index contributed by atoms with van der Waals surface area (Å²) in [6, 6.07) is 15.3. The van der Waals surface area contributed by atoms with Gasteiger partial charge in [0, 0.05) is 42.1 Å². The molecule has 0 spiro atoms. The molecule has 4 N–H and O–H groups in total. The SMILES string of the molecule is CC(=O)Nc1ccc(-c2nc(SCc3cccc(CCCC(=O)NC4CCN(C)CC4)n3)nc(N)c2C#N)cc1. The molecule has 0 atom stereocenters. The zero-order chi connectivity index (χ0) is 28.5. The number of hydrogen-bond donors (Lipinski definition) is 3. The molecule has 3 aromatic rings. The Hall–Kier alpha value is -4.01. The van der Waals surface area contributed by atoms with Gasteiger partial charge < -0.3 is 21.3 Å². The van der Waals surface area contributed by atoms with Crippen LogP contribution in [0.4, 0.5) is 11.5 Å². The Morgan fingerprint density at radius 3 is 2.52 bits per heavy atom. The number of thioether (sulfide) groups is 1. The molecule has 0 radical (unpaired) electrons. The van der Waals surface area contributed by atoms with Crippen LogP contribution in [0.15, 0.2) is 47.6 Å². The smallest absolute Gasteiger partial charge is 0.221 e. The van der Waals surface area contributed by atoms with Crippen molar-refractivity contribution in [2.75, 3.05) is 31.2 Å². The molecule has 3 heterocycles. The summed E-state index contributed by atoms with van der Waals surface area (Å²) in [6.07, 6.45) is 3.95. The summed E-state index contributed by atoms with van der Waals surface area (Å²) in [4.78, 5) is 39.6. The average Bonchev–Trinajstić information content (AvgIpc) is 2.93.